The Hall–Kier alpha value is -1.26. The van der Waals surface area contributed by atoms with Crippen LogP contribution >= 0.6 is 11.6 Å². The summed E-state index contributed by atoms with van der Waals surface area (Å²) in [5.74, 6) is 0. The Morgan fingerprint density at radius 3 is 2.57 bits per heavy atom. The molecule has 2 rings (SSSR count). The maximum absolute atomic E-state index is 12.1. The predicted molar refractivity (Wildman–Crippen MR) is 93.7 cm³/mol. The second-order valence-electron chi connectivity index (χ2n) is 7.51. The van der Waals surface area contributed by atoms with Gasteiger partial charge in [-0.2, -0.15) is 0 Å². The standard InChI is InChI=1S/C18H27ClN2O2/c1-17(2,3)23-16(22)21-10-8-18(4,9-11-21)20-13-14-6-5-7-15(19)12-14/h5-7,12,20H,8-11,13H2,1-4H3. The zero-order valence-electron chi connectivity index (χ0n) is 14.5. The average molecular weight is 339 g/mol. The fraction of sp³-hybridized carbons (Fsp3) is 0.611. The highest BCUT2D eigenvalue weighted by atomic mass is 35.5. The number of benzene rings is 1. The fourth-order valence-corrected chi connectivity index (χ4v) is 2.86. The largest absolute Gasteiger partial charge is 0.444 e. The van der Waals surface area contributed by atoms with E-state index in [-0.39, 0.29) is 11.6 Å². The smallest absolute Gasteiger partial charge is 0.410 e. The number of halogens is 1. The van der Waals surface area contributed by atoms with Gasteiger partial charge < -0.3 is 15.0 Å². The molecule has 0 saturated carbocycles. The van der Waals surface area contributed by atoms with Crippen LogP contribution in [0.4, 0.5) is 4.79 Å². The van der Waals surface area contributed by atoms with E-state index in [9.17, 15) is 4.79 Å². The molecule has 5 heteroatoms. The van der Waals surface area contributed by atoms with Gasteiger partial charge in [0.1, 0.15) is 5.60 Å². The van der Waals surface area contributed by atoms with Crippen molar-refractivity contribution >= 4 is 17.7 Å². The summed E-state index contributed by atoms with van der Waals surface area (Å²) in [6.07, 6.45) is 1.61. The van der Waals surface area contributed by atoms with Crippen LogP contribution in [0.15, 0.2) is 24.3 Å². The molecule has 1 aromatic rings. The number of ether oxygens (including phenoxy) is 1. The third-order valence-electron chi connectivity index (χ3n) is 4.13. The van der Waals surface area contributed by atoms with E-state index in [0.717, 1.165) is 24.4 Å². The summed E-state index contributed by atoms with van der Waals surface area (Å²) >= 11 is 6.02. The molecule has 0 unspecified atom stereocenters. The van der Waals surface area contributed by atoms with Crippen molar-refractivity contribution in [1.29, 1.82) is 0 Å². The minimum Gasteiger partial charge on any atom is -0.444 e. The van der Waals surface area contributed by atoms with E-state index in [2.05, 4.69) is 18.3 Å². The van der Waals surface area contributed by atoms with E-state index in [1.165, 1.54) is 5.56 Å². The number of likely N-dealkylation sites (tertiary alicyclic amines) is 1. The van der Waals surface area contributed by atoms with Crippen molar-refractivity contribution in [3.05, 3.63) is 34.9 Å². The van der Waals surface area contributed by atoms with Crippen molar-refractivity contribution in [3.8, 4) is 0 Å². The van der Waals surface area contributed by atoms with Crippen molar-refractivity contribution in [3.63, 3.8) is 0 Å². The first kappa shape index (κ1) is 18.1. The van der Waals surface area contributed by atoms with Crippen LogP contribution in [0.3, 0.4) is 0 Å². The summed E-state index contributed by atoms with van der Waals surface area (Å²) in [4.78, 5) is 13.9. The van der Waals surface area contributed by atoms with Crippen LogP contribution in [0.2, 0.25) is 5.02 Å². The molecule has 0 aromatic heterocycles. The molecule has 23 heavy (non-hydrogen) atoms. The Kier molecular flexibility index (Phi) is 5.58. The summed E-state index contributed by atoms with van der Waals surface area (Å²) in [6.45, 7) is 10.1. The number of hydrogen-bond donors (Lipinski definition) is 1. The van der Waals surface area contributed by atoms with Gasteiger partial charge in [-0.1, -0.05) is 23.7 Å². The Morgan fingerprint density at radius 2 is 2.00 bits per heavy atom. The number of rotatable bonds is 3. The monoisotopic (exact) mass is 338 g/mol. The summed E-state index contributed by atoms with van der Waals surface area (Å²) in [6, 6.07) is 7.89. The van der Waals surface area contributed by atoms with Gasteiger partial charge in [-0.15, -0.1) is 0 Å². The number of hydrogen-bond acceptors (Lipinski definition) is 3. The van der Waals surface area contributed by atoms with Crippen molar-refractivity contribution < 1.29 is 9.53 Å². The van der Waals surface area contributed by atoms with Crippen LogP contribution < -0.4 is 5.32 Å². The maximum Gasteiger partial charge on any atom is 0.410 e. The van der Waals surface area contributed by atoms with Gasteiger partial charge in [-0.3, -0.25) is 0 Å². The van der Waals surface area contributed by atoms with Gasteiger partial charge in [0, 0.05) is 30.2 Å². The maximum atomic E-state index is 12.1. The van der Waals surface area contributed by atoms with Gasteiger partial charge in [-0.25, -0.2) is 4.79 Å². The third kappa shape index (κ3) is 5.70. The molecule has 0 radical (unpaired) electrons. The van der Waals surface area contributed by atoms with Gasteiger partial charge in [0.15, 0.2) is 0 Å². The van der Waals surface area contributed by atoms with E-state index in [1.807, 2.05) is 39.0 Å². The van der Waals surface area contributed by atoms with Crippen LogP contribution in [-0.2, 0) is 11.3 Å². The fourth-order valence-electron chi connectivity index (χ4n) is 2.65. The Bertz CT molecular complexity index is 546. The van der Waals surface area contributed by atoms with Crippen LogP contribution in [0.1, 0.15) is 46.1 Å². The zero-order valence-corrected chi connectivity index (χ0v) is 15.2. The zero-order chi connectivity index (χ0) is 17.1. The van der Waals surface area contributed by atoms with Crippen LogP contribution in [-0.4, -0.2) is 35.2 Å². The molecule has 1 heterocycles. The summed E-state index contributed by atoms with van der Waals surface area (Å²) in [5, 5.41) is 4.37. The summed E-state index contributed by atoms with van der Waals surface area (Å²) in [5.41, 5.74) is 0.761. The van der Waals surface area contributed by atoms with Gasteiger partial charge in [0.2, 0.25) is 0 Å². The molecule has 0 atom stereocenters. The van der Waals surface area contributed by atoms with E-state index < -0.39 is 5.60 Å². The molecular weight excluding hydrogens is 312 g/mol. The lowest BCUT2D eigenvalue weighted by molar-refractivity contribution is 0.0157. The molecule has 1 aromatic carbocycles. The molecule has 1 aliphatic heterocycles. The quantitative estimate of drug-likeness (QED) is 0.897. The average Bonchev–Trinajstić information content (AvgIpc) is 2.44. The van der Waals surface area contributed by atoms with Crippen molar-refractivity contribution in [2.75, 3.05) is 13.1 Å². The lowest BCUT2D eigenvalue weighted by Crippen LogP contribution is -2.53. The Balaban J connectivity index is 1.83. The molecule has 0 bridgehead atoms. The molecule has 1 saturated heterocycles. The lowest BCUT2D eigenvalue weighted by Gasteiger charge is -2.40. The molecule has 0 spiro atoms. The molecule has 4 nitrogen and oxygen atoms in total. The first-order chi connectivity index (χ1) is 10.7. The Labute approximate surface area is 144 Å². The van der Waals surface area contributed by atoms with Gasteiger partial charge in [0.05, 0.1) is 0 Å². The van der Waals surface area contributed by atoms with E-state index in [1.54, 1.807) is 4.90 Å². The van der Waals surface area contributed by atoms with E-state index in [0.29, 0.717) is 13.1 Å². The van der Waals surface area contributed by atoms with Gasteiger partial charge in [-0.05, 0) is 58.2 Å². The first-order valence-corrected chi connectivity index (χ1v) is 8.52. The summed E-state index contributed by atoms with van der Waals surface area (Å²) in [7, 11) is 0. The first-order valence-electron chi connectivity index (χ1n) is 8.14. The third-order valence-corrected chi connectivity index (χ3v) is 4.36. The minimum atomic E-state index is -0.442. The van der Waals surface area contributed by atoms with Crippen molar-refractivity contribution in [2.45, 2.75) is 58.2 Å². The second-order valence-corrected chi connectivity index (χ2v) is 7.95. The van der Waals surface area contributed by atoms with Crippen LogP contribution in [0.5, 0.6) is 0 Å². The summed E-state index contributed by atoms with van der Waals surface area (Å²) < 4.78 is 5.44. The molecule has 1 aliphatic rings. The van der Waals surface area contributed by atoms with E-state index >= 15 is 0 Å². The molecule has 1 amide bonds. The number of carbonyl (C=O) groups excluding carboxylic acids is 1. The SMILES string of the molecule is CC1(NCc2cccc(Cl)c2)CCN(C(=O)OC(C)(C)C)CC1. The van der Waals surface area contributed by atoms with Crippen LogP contribution in [0.25, 0.3) is 0 Å². The normalized spacial score (nSPS) is 17.9. The predicted octanol–water partition coefficient (Wildman–Crippen LogP) is 4.22. The highest BCUT2D eigenvalue weighted by Crippen LogP contribution is 2.24. The van der Waals surface area contributed by atoms with E-state index in [4.69, 9.17) is 16.3 Å². The van der Waals surface area contributed by atoms with Crippen molar-refractivity contribution in [2.24, 2.45) is 0 Å². The topological polar surface area (TPSA) is 41.6 Å². The van der Waals surface area contributed by atoms with Gasteiger partial charge >= 0.3 is 6.09 Å². The second kappa shape index (κ2) is 7.10. The number of nitrogens with one attached hydrogen (secondary N) is 1. The highest BCUT2D eigenvalue weighted by Gasteiger charge is 2.33. The van der Waals surface area contributed by atoms with Gasteiger partial charge in [0.25, 0.3) is 0 Å². The molecule has 128 valence electrons. The molecular formula is C18H27ClN2O2. The van der Waals surface area contributed by atoms with Crippen molar-refractivity contribution in [1.82, 2.24) is 10.2 Å². The molecule has 0 aliphatic carbocycles. The number of piperidine rings is 1. The molecule has 1 fully saturated rings. The minimum absolute atomic E-state index is 0.0286. The number of nitrogens with zero attached hydrogens (tertiary/aromatic N) is 1. The highest BCUT2D eigenvalue weighted by molar-refractivity contribution is 6.30. The van der Waals surface area contributed by atoms with Crippen LogP contribution in [0, 0.1) is 0 Å². The number of amides is 1. The number of carbonyl (C=O) groups is 1. The Morgan fingerprint density at radius 1 is 1.35 bits per heavy atom. The lowest BCUT2D eigenvalue weighted by atomic mass is 9.89. The molecule has 1 N–H and O–H groups in total.